The van der Waals surface area contributed by atoms with Gasteiger partial charge in [0.2, 0.25) is 0 Å². The largest absolute Gasteiger partial charge is 0.444 e. The molecule has 1 aromatic rings. The van der Waals surface area contributed by atoms with Crippen LogP contribution in [0.1, 0.15) is 38.8 Å². The molecule has 0 aliphatic rings. The van der Waals surface area contributed by atoms with E-state index in [1.54, 1.807) is 6.20 Å². The summed E-state index contributed by atoms with van der Waals surface area (Å²) >= 11 is 3.45. The maximum atomic E-state index is 11.7. The van der Waals surface area contributed by atoms with Gasteiger partial charge in [-0.2, -0.15) is 0 Å². The topological polar surface area (TPSA) is 51.2 Å². The number of carbonyl (C=O) groups excluding carboxylic acids is 1. The minimum absolute atomic E-state index is 0.00958. The third-order valence-corrected chi connectivity index (χ3v) is 3.35. The molecule has 1 amide bonds. The fraction of sp³-hybridized carbons (Fsp3) is 0.571. The average molecular weight is 329 g/mol. The summed E-state index contributed by atoms with van der Waals surface area (Å²) in [6.45, 7) is 9.52. The predicted octanol–water partition coefficient (Wildman–Crippen LogP) is 3.61. The molecule has 0 aliphatic heterocycles. The van der Waals surface area contributed by atoms with Crippen LogP contribution in [-0.2, 0) is 11.2 Å². The summed E-state index contributed by atoms with van der Waals surface area (Å²) in [4.78, 5) is 15.8. The van der Waals surface area contributed by atoms with Gasteiger partial charge in [-0.25, -0.2) is 4.79 Å². The van der Waals surface area contributed by atoms with Crippen LogP contribution in [0.4, 0.5) is 4.79 Å². The van der Waals surface area contributed by atoms with E-state index in [1.807, 2.05) is 40.8 Å². The number of hydrogen-bond acceptors (Lipinski definition) is 3. The predicted molar refractivity (Wildman–Crippen MR) is 79.2 cm³/mol. The number of nitrogens with zero attached hydrogens (tertiary/aromatic N) is 1. The summed E-state index contributed by atoms with van der Waals surface area (Å²) in [5.74, 6) is 0. The Labute approximate surface area is 123 Å². The molecule has 106 valence electrons. The van der Waals surface area contributed by atoms with Gasteiger partial charge in [0.25, 0.3) is 0 Å². The van der Waals surface area contributed by atoms with Crippen LogP contribution < -0.4 is 5.32 Å². The highest BCUT2D eigenvalue weighted by molar-refractivity contribution is 9.10. The molecule has 1 rings (SSSR count). The van der Waals surface area contributed by atoms with Gasteiger partial charge >= 0.3 is 6.09 Å². The van der Waals surface area contributed by atoms with Crippen molar-refractivity contribution in [2.45, 2.75) is 52.7 Å². The van der Waals surface area contributed by atoms with Gasteiger partial charge in [0.1, 0.15) is 5.60 Å². The van der Waals surface area contributed by atoms with Gasteiger partial charge in [-0.05, 0) is 68.1 Å². The van der Waals surface area contributed by atoms with Gasteiger partial charge in [0.05, 0.1) is 0 Å². The van der Waals surface area contributed by atoms with Crippen molar-refractivity contribution in [2.75, 3.05) is 0 Å². The Morgan fingerprint density at radius 3 is 2.68 bits per heavy atom. The molecule has 0 fully saturated rings. The zero-order chi connectivity index (χ0) is 14.6. The number of ether oxygens (including phenoxy) is 1. The fourth-order valence-electron chi connectivity index (χ4n) is 1.64. The van der Waals surface area contributed by atoms with E-state index in [4.69, 9.17) is 4.74 Å². The van der Waals surface area contributed by atoms with Crippen molar-refractivity contribution in [3.05, 3.63) is 28.0 Å². The molecule has 1 aromatic heterocycles. The minimum atomic E-state index is -0.475. The van der Waals surface area contributed by atoms with Gasteiger partial charge in [0, 0.05) is 22.9 Å². The molecule has 4 nitrogen and oxygen atoms in total. The highest BCUT2D eigenvalue weighted by Gasteiger charge is 2.18. The first-order valence-electron chi connectivity index (χ1n) is 6.27. The SMILES string of the molecule is Cc1c(Br)cncc1CC(C)NC(=O)OC(C)(C)C. The Balaban J connectivity index is 2.58. The van der Waals surface area contributed by atoms with Crippen LogP contribution in [0, 0.1) is 6.92 Å². The van der Waals surface area contributed by atoms with E-state index in [9.17, 15) is 4.79 Å². The Kier molecular flexibility index (Phi) is 5.35. The summed E-state index contributed by atoms with van der Waals surface area (Å²) in [6.07, 6.45) is 3.93. The smallest absolute Gasteiger partial charge is 0.407 e. The van der Waals surface area contributed by atoms with Gasteiger partial charge in [-0.15, -0.1) is 0 Å². The van der Waals surface area contributed by atoms with E-state index in [1.165, 1.54) is 0 Å². The zero-order valence-corrected chi connectivity index (χ0v) is 13.7. The number of amides is 1. The standard InChI is InChI=1S/C14H21BrN2O2/c1-9(17-13(18)19-14(3,4)5)6-11-7-16-8-12(15)10(11)2/h7-9H,6H2,1-5H3,(H,17,18). The number of rotatable bonds is 3. The molecule has 0 saturated carbocycles. The van der Waals surface area contributed by atoms with E-state index < -0.39 is 5.60 Å². The van der Waals surface area contributed by atoms with Crippen LogP contribution >= 0.6 is 15.9 Å². The highest BCUT2D eigenvalue weighted by Crippen LogP contribution is 2.19. The van der Waals surface area contributed by atoms with Crippen molar-refractivity contribution in [2.24, 2.45) is 0 Å². The summed E-state index contributed by atoms with van der Waals surface area (Å²) in [5, 5.41) is 2.83. The summed E-state index contributed by atoms with van der Waals surface area (Å²) in [6, 6.07) is -0.00958. The van der Waals surface area contributed by atoms with E-state index >= 15 is 0 Å². The molecular weight excluding hydrogens is 308 g/mol. The third kappa shape index (κ3) is 5.59. The number of carbonyl (C=O) groups is 1. The molecule has 1 heterocycles. The molecule has 19 heavy (non-hydrogen) atoms. The normalized spacial score (nSPS) is 12.9. The van der Waals surface area contributed by atoms with Crippen molar-refractivity contribution in [1.29, 1.82) is 0 Å². The zero-order valence-electron chi connectivity index (χ0n) is 12.1. The lowest BCUT2D eigenvalue weighted by Crippen LogP contribution is -2.38. The third-order valence-electron chi connectivity index (χ3n) is 2.55. The van der Waals surface area contributed by atoms with E-state index in [-0.39, 0.29) is 12.1 Å². The van der Waals surface area contributed by atoms with Crippen molar-refractivity contribution in [1.82, 2.24) is 10.3 Å². The van der Waals surface area contributed by atoms with E-state index in [0.29, 0.717) is 0 Å². The first-order chi connectivity index (χ1) is 8.69. The van der Waals surface area contributed by atoms with Gasteiger partial charge in [-0.1, -0.05) is 0 Å². The molecule has 0 saturated heterocycles. The molecule has 0 aromatic carbocycles. The van der Waals surface area contributed by atoms with Crippen LogP contribution in [0.25, 0.3) is 0 Å². The molecule has 1 N–H and O–H groups in total. The molecule has 5 heteroatoms. The van der Waals surface area contributed by atoms with Gasteiger partial charge in [-0.3, -0.25) is 4.98 Å². The monoisotopic (exact) mass is 328 g/mol. The Bertz CT molecular complexity index is 455. The van der Waals surface area contributed by atoms with Crippen LogP contribution in [0.5, 0.6) is 0 Å². The quantitative estimate of drug-likeness (QED) is 0.922. The number of aromatic nitrogens is 1. The molecular formula is C14H21BrN2O2. The summed E-state index contributed by atoms with van der Waals surface area (Å²) in [5.41, 5.74) is 1.78. The van der Waals surface area contributed by atoms with Crippen molar-refractivity contribution in [3.63, 3.8) is 0 Å². The molecule has 0 aliphatic carbocycles. The lowest BCUT2D eigenvalue weighted by Gasteiger charge is -2.22. The van der Waals surface area contributed by atoms with Crippen molar-refractivity contribution < 1.29 is 9.53 Å². The number of pyridine rings is 1. The van der Waals surface area contributed by atoms with Crippen molar-refractivity contribution in [3.8, 4) is 0 Å². The van der Waals surface area contributed by atoms with E-state index in [0.717, 1.165) is 22.0 Å². The number of halogens is 1. The second-order valence-corrected chi connectivity index (χ2v) is 6.51. The Hall–Kier alpha value is -1.10. The number of hydrogen-bond donors (Lipinski definition) is 1. The molecule has 0 bridgehead atoms. The van der Waals surface area contributed by atoms with Crippen LogP contribution in [0.2, 0.25) is 0 Å². The maximum Gasteiger partial charge on any atom is 0.407 e. The van der Waals surface area contributed by atoms with Crippen LogP contribution in [-0.4, -0.2) is 22.7 Å². The lowest BCUT2D eigenvalue weighted by molar-refractivity contribution is 0.0508. The van der Waals surface area contributed by atoms with Crippen LogP contribution in [0.3, 0.4) is 0 Å². The van der Waals surface area contributed by atoms with Crippen molar-refractivity contribution >= 4 is 22.0 Å². The van der Waals surface area contributed by atoms with Crippen LogP contribution in [0.15, 0.2) is 16.9 Å². The number of nitrogens with one attached hydrogen (secondary N) is 1. The second kappa shape index (κ2) is 6.37. The first-order valence-corrected chi connectivity index (χ1v) is 7.07. The Morgan fingerprint density at radius 1 is 1.47 bits per heavy atom. The summed E-state index contributed by atoms with van der Waals surface area (Å²) < 4.78 is 6.21. The summed E-state index contributed by atoms with van der Waals surface area (Å²) in [7, 11) is 0. The molecule has 1 atom stereocenters. The minimum Gasteiger partial charge on any atom is -0.444 e. The second-order valence-electron chi connectivity index (χ2n) is 5.66. The fourth-order valence-corrected chi connectivity index (χ4v) is 2.01. The van der Waals surface area contributed by atoms with Gasteiger partial charge in [0.15, 0.2) is 0 Å². The molecule has 0 spiro atoms. The lowest BCUT2D eigenvalue weighted by atomic mass is 10.0. The van der Waals surface area contributed by atoms with E-state index in [2.05, 4.69) is 26.2 Å². The Morgan fingerprint density at radius 2 is 2.11 bits per heavy atom. The average Bonchev–Trinajstić information content (AvgIpc) is 2.21. The molecule has 0 radical (unpaired) electrons. The first kappa shape index (κ1) is 16.0. The molecule has 1 unspecified atom stereocenters. The number of alkyl carbamates (subject to hydrolysis) is 1. The maximum absolute atomic E-state index is 11.7. The highest BCUT2D eigenvalue weighted by atomic mass is 79.9. The van der Waals surface area contributed by atoms with Gasteiger partial charge < -0.3 is 10.1 Å².